The molecule has 1 aromatic rings. The minimum atomic E-state index is 0. The zero-order chi connectivity index (χ0) is 15.2. The lowest BCUT2D eigenvalue weighted by molar-refractivity contribution is -0.122. The molecule has 2 atom stereocenters. The highest BCUT2D eigenvalue weighted by molar-refractivity contribution is 6.30. The van der Waals surface area contributed by atoms with E-state index >= 15 is 0 Å². The van der Waals surface area contributed by atoms with E-state index in [9.17, 15) is 4.79 Å². The number of nitrogens with one attached hydrogen (secondary N) is 1. The molecule has 2 rings (SSSR count). The fourth-order valence-electron chi connectivity index (χ4n) is 2.73. The average molecular weight is 346 g/mol. The first-order chi connectivity index (χ1) is 10.0. The number of benzene rings is 1. The first-order valence-electron chi connectivity index (χ1n) is 7.53. The third-order valence-corrected chi connectivity index (χ3v) is 4.31. The predicted octanol–water partition coefficient (Wildman–Crippen LogP) is 2.44. The number of amides is 1. The second-order valence-electron chi connectivity index (χ2n) is 5.90. The number of rotatable bonds is 5. The summed E-state index contributed by atoms with van der Waals surface area (Å²) in [7, 11) is 0. The second kappa shape index (κ2) is 9.36. The van der Waals surface area contributed by atoms with Crippen LogP contribution in [0.15, 0.2) is 24.3 Å². The van der Waals surface area contributed by atoms with Crippen molar-refractivity contribution in [2.75, 3.05) is 19.6 Å². The number of hydrogen-bond acceptors (Lipinski definition) is 3. The van der Waals surface area contributed by atoms with Crippen LogP contribution in [0.3, 0.4) is 0 Å². The van der Waals surface area contributed by atoms with Gasteiger partial charge in [0.25, 0.3) is 0 Å². The Hall–Kier alpha value is -0.810. The SMILES string of the molecule is CC(N)C1CCCN(CC(=O)NCc2ccc(Cl)cc2)C1.Cl. The van der Waals surface area contributed by atoms with Gasteiger partial charge in [0.2, 0.25) is 5.91 Å². The number of nitrogens with two attached hydrogens (primary N) is 1. The summed E-state index contributed by atoms with van der Waals surface area (Å²) in [5.74, 6) is 0.568. The van der Waals surface area contributed by atoms with Gasteiger partial charge in [-0.3, -0.25) is 9.69 Å². The van der Waals surface area contributed by atoms with Crippen molar-refractivity contribution in [2.45, 2.75) is 32.4 Å². The maximum absolute atomic E-state index is 12.0. The van der Waals surface area contributed by atoms with Crippen LogP contribution in [0.5, 0.6) is 0 Å². The van der Waals surface area contributed by atoms with Crippen LogP contribution >= 0.6 is 24.0 Å². The molecule has 0 aromatic heterocycles. The van der Waals surface area contributed by atoms with Crippen molar-refractivity contribution in [3.05, 3.63) is 34.9 Å². The standard InChI is InChI=1S/C16H24ClN3O.ClH/c1-12(18)14-3-2-8-20(10-14)11-16(21)19-9-13-4-6-15(17)7-5-13;/h4-7,12,14H,2-3,8-11,18H2,1H3,(H,19,21);1H. The lowest BCUT2D eigenvalue weighted by atomic mass is 9.92. The summed E-state index contributed by atoms with van der Waals surface area (Å²) in [4.78, 5) is 14.2. The number of carbonyl (C=O) groups is 1. The van der Waals surface area contributed by atoms with E-state index in [4.69, 9.17) is 17.3 Å². The van der Waals surface area contributed by atoms with Crippen LogP contribution in [0, 0.1) is 5.92 Å². The highest BCUT2D eigenvalue weighted by atomic mass is 35.5. The third-order valence-electron chi connectivity index (χ3n) is 4.06. The molecule has 3 N–H and O–H groups in total. The Morgan fingerprint density at radius 2 is 2.14 bits per heavy atom. The first kappa shape index (κ1) is 19.2. The molecule has 124 valence electrons. The van der Waals surface area contributed by atoms with E-state index in [1.165, 1.54) is 6.42 Å². The zero-order valence-corrected chi connectivity index (χ0v) is 14.5. The van der Waals surface area contributed by atoms with Gasteiger partial charge in [-0.2, -0.15) is 0 Å². The van der Waals surface area contributed by atoms with Crippen molar-refractivity contribution in [3.8, 4) is 0 Å². The molecule has 0 spiro atoms. The molecule has 1 saturated heterocycles. The van der Waals surface area contributed by atoms with Crippen molar-refractivity contribution in [1.29, 1.82) is 0 Å². The summed E-state index contributed by atoms with van der Waals surface area (Å²) < 4.78 is 0. The first-order valence-corrected chi connectivity index (χ1v) is 7.91. The largest absolute Gasteiger partial charge is 0.351 e. The van der Waals surface area contributed by atoms with Crippen LogP contribution in [0.1, 0.15) is 25.3 Å². The second-order valence-corrected chi connectivity index (χ2v) is 6.34. The molecule has 1 aliphatic rings. The zero-order valence-electron chi connectivity index (χ0n) is 12.9. The summed E-state index contributed by atoms with van der Waals surface area (Å²) in [5, 5.41) is 3.66. The molecule has 0 saturated carbocycles. The Morgan fingerprint density at radius 3 is 2.77 bits per heavy atom. The molecule has 0 radical (unpaired) electrons. The maximum Gasteiger partial charge on any atom is 0.234 e. The number of piperidine rings is 1. The minimum Gasteiger partial charge on any atom is -0.351 e. The van der Waals surface area contributed by atoms with Crippen molar-refractivity contribution >= 4 is 29.9 Å². The Balaban J connectivity index is 0.00000242. The highest BCUT2D eigenvalue weighted by Crippen LogP contribution is 2.18. The average Bonchev–Trinajstić information content (AvgIpc) is 2.47. The fraction of sp³-hybridized carbons (Fsp3) is 0.562. The summed E-state index contributed by atoms with van der Waals surface area (Å²) >= 11 is 5.84. The molecule has 0 aliphatic carbocycles. The van der Waals surface area contributed by atoms with Gasteiger partial charge in [0, 0.05) is 24.2 Å². The lowest BCUT2D eigenvalue weighted by Crippen LogP contribution is -2.46. The van der Waals surface area contributed by atoms with Crippen LogP contribution in [0.25, 0.3) is 0 Å². The Labute approximate surface area is 143 Å². The van der Waals surface area contributed by atoms with Crippen LogP contribution < -0.4 is 11.1 Å². The normalized spacial score (nSPS) is 20.0. The fourth-order valence-corrected chi connectivity index (χ4v) is 2.85. The third kappa shape index (κ3) is 6.13. The molecule has 0 bridgehead atoms. The van der Waals surface area contributed by atoms with E-state index in [2.05, 4.69) is 17.1 Å². The van der Waals surface area contributed by atoms with Gasteiger partial charge < -0.3 is 11.1 Å². The Morgan fingerprint density at radius 1 is 1.45 bits per heavy atom. The van der Waals surface area contributed by atoms with E-state index in [0.29, 0.717) is 24.0 Å². The van der Waals surface area contributed by atoms with E-state index in [1.807, 2.05) is 24.3 Å². The minimum absolute atomic E-state index is 0. The van der Waals surface area contributed by atoms with Gasteiger partial charge in [0.1, 0.15) is 0 Å². The molecule has 1 fully saturated rings. The molecule has 1 amide bonds. The molecule has 1 heterocycles. The number of nitrogens with zero attached hydrogens (tertiary/aromatic N) is 1. The van der Waals surface area contributed by atoms with Crippen LogP contribution in [0.2, 0.25) is 5.02 Å². The van der Waals surface area contributed by atoms with Gasteiger partial charge in [0.15, 0.2) is 0 Å². The molecular formula is C16H25Cl2N3O. The summed E-state index contributed by atoms with van der Waals surface area (Å²) in [6.07, 6.45) is 2.29. The van der Waals surface area contributed by atoms with E-state index in [0.717, 1.165) is 25.1 Å². The van der Waals surface area contributed by atoms with Crippen LogP contribution in [0.4, 0.5) is 0 Å². The highest BCUT2D eigenvalue weighted by Gasteiger charge is 2.23. The van der Waals surface area contributed by atoms with Crippen molar-refractivity contribution in [3.63, 3.8) is 0 Å². The Bertz CT molecular complexity index is 465. The smallest absolute Gasteiger partial charge is 0.234 e. The molecule has 1 aliphatic heterocycles. The Kier molecular flexibility index (Phi) is 8.18. The molecular weight excluding hydrogens is 321 g/mol. The topological polar surface area (TPSA) is 58.4 Å². The summed E-state index contributed by atoms with van der Waals surface area (Å²) in [6, 6.07) is 7.72. The number of halogens is 2. The van der Waals surface area contributed by atoms with Gasteiger partial charge in [-0.25, -0.2) is 0 Å². The maximum atomic E-state index is 12.0. The number of hydrogen-bond donors (Lipinski definition) is 2. The molecule has 4 nitrogen and oxygen atoms in total. The predicted molar refractivity (Wildman–Crippen MR) is 93.4 cm³/mol. The summed E-state index contributed by atoms with van der Waals surface area (Å²) in [5.41, 5.74) is 7.02. The van der Waals surface area contributed by atoms with E-state index in [-0.39, 0.29) is 24.4 Å². The molecule has 6 heteroatoms. The van der Waals surface area contributed by atoms with E-state index in [1.54, 1.807) is 0 Å². The van der Waals surface area contributed by atoms with Gasteiger partial charge >= 0.3 is 0 Å². The van der Waals surface area contributed by atoms with Crippen molar-refractivity contribution in [2.24, 2.45) is 11.7 Å². The molecule has 2 unspecified atom stereocenters. The number of carbonyl (C=O) groups excluding carboxylic acids is 1. The van der Waals surface area contributed by atoms with Crippen molar-refractivity contribution < 1.29 is 4.79 Å². The van der Waals surface area contributed by atoms with Gasteiger partial charge in [0.05, 0.1) is 6.54 Å². The van der Waals surface area contributed by atoms with Crippen molar-refractivity contribution in [1.82, 2.24) is 10.2 Å². The van der Waals surface area contributed by atoms with Gasteiger partial charge in [-0.1, -0.05) is 23.7 Å². The molecule has 22 heavy (non-hydrogen) atoms. The monoisotopic (exact) mass is 345 g/mol. The van der Waals surface area contributed by atoms with E-state index < -0.39 is 0 Å². The number of likely N-dealkylation sites (tertiary alicyclic amines) is 1. The van der Waals surface area contributed by atoms with Gasteiger partial charge in [-0.15, -0.1) is 12.4 Å². The lowest BCUT2D eigenvalue weighted by Gasteiger charge is -2.34. The summed E-state index contributed by atoms with van der Waals surface area (Å²) in [6.45, 7) is 4.95. The van der Waals surface area contributed by atoms with Crippen LogP contribution in [-0.2, 0) is 11.3 Å². The van der Waals surface area contributed by atoms with Gasteiger partial charge in [-0.05, 0) is 49.9 Å². The molecule has 1 aromatic carbocycles. The quantitative estimate of drug-likeness (QED) is 0.861. The van der Waals surface area contributed by atoms with Crippen LogP contribution in [-0.4, -0.2) is 36.5 Å².